The number of thiophene rings is 2. The Hall–Kier alpha value is -1.73. The van der Waals surface area contributed by atoms with Crippen molar-refractivity contribution in [1.29, 1.82) is 0 Å². The van der Waals surface area contributed by atoms with Crippen molar-refractivity contribution in [2.45, 2.75) is 12.6 Å². The molecule has 1 atom stereocenters. The number of nitrogens with one attached hydrogen (secondary N) is 1. The molecule has 0 bridgehead atoms. The lowest BCUT2D eigenvalue weighted by Crippen LogP contribution is -2.22. The molecule has 0 fully saturated rings. The Morgan fingerprint density at radius 3 is 2.79 bits per heavy atom. The fourth-order valence-corrected chi connectivity index (χ4v) is 4.17. The smallest absolute Gasteiger partial charge is 0.253 e. The van der Waals surface area contributed by atoms with Crippen LogP contribution >= 0.6 is 34.3 Å². The molecular formula is C17H13ClFNO2S2. The quantitative estimate of drug-likeness (QED) is 0.677. The molecule has 3 aromatic rings. The number of amides is 1. The van der Waals surface area contributed by atoms with Crippen molar-refractivity contribution in [2.24, 2.45) is 0 Å². The summed E-state index contributed by atoms with van der Waals surface area (Å²) < 4.78 is 13.0. The Morgan fingerprint density at radius 2 is 2.08 bits per heavy atom. The first-order valence-electron chi connectivity index (χ1n) is 7.08. The zero-order valence-electron chi connectivity index (χ0n) is 12.3. The summed E-state index contributed by atoms with van der Waals surface area (Å²) in [6, 6.07) is 11.1. The molecule has 1 amide bonds. The Bertz CT molecular complexity index is 848. The van der Waals surface area contributed by atoms with E-state index in [9.17, 15) is 14.3 Å². The number of hydrogen-bond donors (Lipinski definition) is 2. The third-order valence-electron chi connectivity index (χ3n) is 3.36. The molecule has 0 aliphatic heterocycles. The van der Waals surface area contributed by atoms with Crippen molar-refractivity contribution in [3.63, 3.8) is 0 Å². The van der Waals surface area contributed by atoms with E-state index >= 15 is 0 Å². The van der Waals surface area contributed by atoms with Gasteiger partial charge in [-0.05, 0) is 41.8 Å². The zero-order valence-corrected chi connectivity index (χ0v) is 14.7. The molecule has 0 aliphatic rings. The van der Waals surface area contributed by atoms with E-state index in [2.05, 4.69) is 5.32 Å². The van der Waals surface area contributed by atoms with Crippen molar-refractivity contribution in [2.75, 3.05) is 0 Å². The molecule has 2 N–H and O–H groups in total. The van der Waals surface area contributed by atoms with Crippen molar-refractivity contribution in [3.05, 3.63) is 78.9 Å². The van der Waals surface area contributed by atoms with Crippen LogP contribution in [0.15, 0.2) is 47.8 Å². The van der Waals surface area contributed by atoms with Gasteiger partial charge < -0.3 is 10.4 Å². The Kier molecular flexibility index (Phi) is 5.30. The maximum atomic E-state index is 13.0. The van der Waals surface area contributed by atoms with Crippen molar-refractivity contribution in [1.82, 2.24) is 5.32 Å². The van der Waals surface area contributed by atoms with Gasteiger partial charge in [-0.1, -0.05) is 17.7 Å². The summed E-state index contributed by atoms with van der Waals surface area (Å²) in [5.41, 5.74) is 0.230. The van der Waals surface area contributed by atoms with E-state index in [0.717, 1.165) is 20.7 Å². The molecular weight excluding hydrogens is 369 g/mol. The number of aliphatic hydroxyl groups is 1. The maximum absolute atomic E-state index is 13.0. The second-order valence-electron chi connectivity index (χ2n) is 5.03. The van der Waals surface area contributed by atoms with E-state index in [1.165, 1.54) is 34.8 Å². The predicted octanol–water partition coefficient (Wildman–Crippen LogP) is 4.61. The predicted molar refractivity (Wildman–Crippen MR) is 95.3 cm³/mol. The molecule has 0 saturated carbocycles. The molecule has 0 radical (unpaired) electrons. The Labute approximate surface area is 151 Å². The molecule has 0 saturated heterocycles. The Morgan fingerprint density at radius 1 is 1.25 bits per heavy atom. The van der Waals surface area contributed by atoms with Gasteiger partial charge >= 0.3 is 0 Å². The summed E-state index contributed by atoms with van der Waals surface area (Å²) in [6.45, 7) is 0.314. The lowest BCUT2D eigenvalue weighted by molar-refractivity contribution is 0.0951. The molecule has 2 heterocycles. The van der Waals surface area contributed by atoms with Crippen LogP contribution in [0, 0.1) is 5.82 Å². The third kappa shape index (κ3) is 3.84. The van der Waals surface area contributed by atoms with E-state index in [1.807, 2.05) is 29.6 Å². The van der Waals surface area contributed by atoms with Crippen LogP contribution in [-0.2, 0) is 6.54 Å². The number of carbonyl (C=O) groups is 1. The molecule has 0 aliphatic carbocycles. The van der Waals surface area contributed by atoms with E-state index in [-0.39, 0.29) is 16.5 Å². The minimum atomic E-state index is -0.647. The number of aliphatic hydroxyl groups excluding tert-OH is 1. The second kappa shape index (κ2) is 7.44. The van der Waals surface area contributed by atoms with Gasteiger partial charge in [0.1, 0.15) is 11.9 Å². The molecule has 0 spiro atoms. The topological polar surface area (TPSA) is 49.3 Å². The monoisotopic (exact) mass is 381 g/mol. The van der Waals surface area contributed by atoms with Crippen molar-refractivity contribution < 1.29 is 14.3 Å². The maximum Gasteiger partial charge on any atom is 0.253 e. The summed E-state index contributed by atoms with van der Waals surface area (Å²) in [7, 11) is 0. The largest absolute Gasteiger partial charge is 0.382 e. The molecule has 1 aromatic carbocycles. The van der Waals surface area contributed by atoms with Crippen LogP contribution in [0.3, 0.4) is 0 Å². The highest BCUT2D eigenvalue weighted by atomic mass is 35.5. The molecule has 7 heteroatoms. The zero-order chi connectivity index (χ0) is 17.1. The summed E-state index contributed by atoms with van der Waals surface area (Å²) >= 11 is 8.81. The van der Waals surface area contributed by atoms with E-state index < -0.39 is 11.9 Å². The normalized spacial score (nSPS) is 12.1. The van der Waals surface area contributed by atoms with E-state index in [1.54, 1.807) is 0 Å². The van der Waals surface area contributed by atoms with Gasteiger partial charge in [-0.3, -0.25) is 4.79 Å². The van der Waals surface area contributed by atoms with Crippen molar-refractivity contribution >= 4 is 40.2 Å². The fourth-order valence-electron chi connectivity index (χ4n) is 2.16. The van der Waals surface area contributed by atoms with Gasteiger partial charge in [0.25, 0.3) is 5.91 Å². The summed E-state index contributed by atoms with van der Waals surface area (Å²) in [4.78, 5) is 14.7. The lowest BCUT2D eigenvalue weighted by Gasteiger charge is -2.06. The van der Waals surface area contributed by atoms with Gasteiger partial charge in [-0.25, -0.2) is 4.39 Å². The highest BCUT2D eigenvalue weighted by molar-refractivity contribution is 7.12. The minimum Gasteiger partial charge on any atom is -0.382 e. The lowest BCUT2D eigenvalue weighted by atomic mass is 10.2. The second-order valence-corrected chi connectivity index (χ2v) is 7.62. The van der Waals surface area contributed by atoms with Crippen LogP contribution in [-0.4, -0.2) is 11.0 Å². The molecule has 3 rings (SSSR count). The third-order valence-corrected chi connectivity index (χ3v) is 5.74. The first kappa shape index (κ1) is 17.1. The molecule has 2 aromatic heterocycles. The van der Waals surface area contributed by atoms with Crippen LogP contribution in [0.4, 0.5) is 4.39 Å². The van der Waals surface area contributed by atoms with Crippen LogP contribution < -0.4 is 5.32 Å². The highest BCUT2D eigenvalue weighted by Gasteiger charge is 2.15. The van der Waals surface area contributed by atoms with Gasteiger partial charge in [0, 0.05) is 14.6 Å². The molecule has 1 unspecified atom stereocenters. The van der Waals surface area contributed by atoms with Crippen LogP contribution in [0.1, 0.15) is 31.1 Å². The van der Waals surface area contributed by atoms with Gasteiger partial charge in [0.2, 0.25) is 0 Å². The van der Waals surface area contributed by atoms with Gasteiger partial charge in [-0.15, -0.1) is 22.7 Å². The average molecular weight is 382 g/mol. The summed E-state index contributed by atoms with van der Waals surface area (Å²) in [5.74, 6) is -0.851. The first-order chi connectivity index (χ1) is 11.5. The highest BCUT2D eigenvalue weighted by Crippen LogP contribution is 2.30. The summed E-state index contributed by atoms with van der Waals surface area (Å²) in [5, 5.41) is 15.0. The first-order valence-corrected chi connectivity index (χ1v) is 9.15. The molecule has 124 valence electrons. The number of carbonyl (C=O) groups excluding carboxylic acids is 1. The fraction of sp³-hybridized carbons (Fsp3) is 0.118. The van der Waals surface area contributed by atoms with E-state index in [4.69, 9.17) is 11.6 Å². The van der Waals surface area contributed by atoms with Crippen LogP contribution in [0.25, 0.3) is 0 Å². The molecule has 24 heavy (non-hydrogen) atoms. The van der Waals surface area contributed by atoms with Crippen molar-refractivity contribution in [3.8, 4) is 0 Å². The molecule has 3 nitrogen and oxygen atoms in total. The summed E-state index contributed by atoms with van der Waals surface area (Å²) in [6.07, 6.45) is -0.647. The Balaban J connectivity index is 1.64. The SMILES string of the molecule is O=C(NCc1ccc(C(O)c2cccs2)s1)c1ccc(F)cc1Cl. The number of benzene rings is 1. The van der Waals surface area contributed by atoms with E-state index in [0.29, 0.717) is 6.54 Å². The average Bonchev–Trinajstić information content (AvgIpc) is 3.24. The van der Waals surface area contributed by atoms with Gasteiger partial charge in [0.05, 0.1) is 17.1 Å². The number of hydrogen-bond acceptors (Lipinski definition) is 4. The van der Waals surface area contributed by atoms with Gasteiger partial charge in [0.15, 0.2) is 0 Å². The minimum absolute atomic E-state index is 0.0764. The van der Waals surface area contributed by atoms with Crippen LogP contribution in [0.5, 0.6) is 0 Å². The van der Waals surface area contributed by atoms with Gasteiger partial charge in [-0.2, -0.15) is 0 Å². The standard InChI is InChI=1S/C17H13ClFNO2S2/c18-13-8-10(19)3-5-12(13)17(22)20-9-11-4-6-15(24-11)16(21)14-2-1-7-23-14/h1-8,16,21H,9H2,(H,20,22). The number of rotatable bonds is 5. The number of halogens is 2. The van der Waals surface area contributed by atoms with Crippen LogP contribution in [0.2, 0.25) is 5.02 Å².